The Morgan fingerprint density at radius 2 is 2.30 bits per heavy atom. The average Bonchev–Trinajstić information content (AvgIpc) is 2.18. The molecule has 2 N–H and O–H groups in total. The second-order valence-corrected chi connectivity index (χ2v) is 2.85. The molecule has 0 aliphatic carbocycles. The van der Waals surface area contributed by atoms with Crippen molar-refractivity contribution in [1.29, 1.82) is 0 Å². The van der Waals surface area contributed by atoms with Crippen molar-refractivity contribution in [2.75, 3.05) is 20.1 Å². The molecule has 62 valence electrons. The molecule has 0 bridgehead atoms. The Morgan fingerprint density at radius 3 is 2.70 bits per heavy atom. The molecule has 0 radical (unpaired) electrons. The summed E-state index contributed by atoms with van der Waals surface area (Å²) in [5, 5.41) is 0. The third kappa shape index (κ3) is 2.45. The molecule has 0 spiro atoms. The summed E-state index contributed by atoms with van der Waals surface area (Å²) in [7, 11) is 2.19. The van der Waals surface area contributed by atoms with Crippen molar-refractivity contribution < 1.29 is 0 Å². The van der Waals surface area contributed by atoms with Crippen molar-refractivity contribution in [1.82, 2.24) is 4.90 Å². The molecule has 0 aromatic carbocycles. The molecule has 0 saturated carbocycles. The fourth-order valence-electron chi connectivity index (χ4n) is 1.54. The van der Waals surface area contributed by atoms with Gasteiger partial charge in [-0.05, 0) is 39.4 Å². The topological polar surface area (TPSA) is 29.3 Å². The van der Waals surface area contributed by atoms with Crippen molar-refractivity contribution in [3.05, 3.63) is 0 Å². The molecule has 1 atom stereocenters. The van der Waals surface area contributed by atoms with Gasteiger partial charge in [-0.2, -0.15) is 0 Å². The summed E-state index contributed by atoms with van der Waals surface area (Å²) in [4.78, 5) is 2.41. The lowest BCUT2D eigenvalue weighted by molar-refractivity contribution is 0.299. The number of hydrogen-bond acceptors (Lipinski definition) is 2. The van der Waals surface area contributed by atoms with E-state index in [1.165, 1.54) is 25.8 Å². The van der Waals surface area contributed by atoms with E-state index in [1.807, 2.05) is 0 Å². The van der Waals surface area contributed by atoms with Gasteiger partial charge in [0, 0.05) is 6.04 Å². The zero-order valence-corrected chi connectivity index (χ0v) is 7.36. The molecule has 1 aliphatic rings. The van der Waals surface area contributed by atoms with Crippen LogP contribution in [0.4, 0.5) is 0 Å². The molecule has 1 aliphatic heterocycles. The lowest BCUT2D eigenvalue weighted by Crippen LogP contribution is -2.27. The standard InChI is InChI=1S/C7H16N2.ClH/c1-9-6-2-3-7(9)4-5-8;/h7H,2-6,8H2,1H3;1H. The van der Waals surface area contributed by atoms with Crippen LogP contribution >= 0.6 is 12.4 Å². The van der Waals surface area contributed by atoms with Gasteiger partial charge in [0.1, 0.15) is 0 Å². The van der Waals surface area contributed by atoms with Gasteiger partial charge in [-0.1, -0.05) is 0 Å². The maximum Gasteiger partial charge on any atom is 0.0105 e. The highest BCUT2D eigenvalue weighted by atomic mass is 35.5. The lowest BCUT2D eigenvalue weighted by atomic mass is 10.1. The van der Waals surface area contributed by atoms with Gasteiger partial charge in [0.15, 0.2) is 0 Å². The minimum absolute atomic E-state index is 0. The molecule has 0 aromatic heterocycles. The van der Waals surface area contributed by atoms with E-state index in [2.05, 4.69) is 11.9 Å². The van der Waals surface area contributed by atoms with Crippen LogP contribution in [0, 0.1) is 0 Å². The molecule has 0 aromatic rings. The van der Waals surface area contributed by atoms with Crippen LogP contribution in [0.3, 0.4) is 0 Å². The van der Waals surface area contributed by atoms with Crippen LogP contribution in [-0.2, 0) is 0 Å². The highest BCUT2D eigenvalue weighted by Gasteiger charge is 2.18. The van der Waals surface area contributed by atoms with Gasteiger partial charge in [0.2, 0.25) is 0 Å². The normalized spacial score (nSPS) is 26.4. The summed E-state index contributed by atoms with van der Waals surface area (Å²) >= 11 is 0. The molecule has 1 fully saturated rings. The van der Waals surface area contributed by atoms with E-state index >= 15 is 0 Å². The minimum atomic E-state index is 0. The zero-order chi connectivity index (χ0) is 6.69. The monoisotopic (exact) mass is 164 g/mol. The average molecular weight is 165 g/mol. The Morgan fingerprint density at radius 1 is 1.60 bits per heavy atom. The Balaban J connectivity index is 0.000000810. The van der Waals surface area contributed by atoms with Gasteiger partial charge in [-0.3, -0.25) is 0 Å². The Labute approximate surface area is 69.2 Å². The number of likely N-dealkylation sites (tertiary alicyclic amines) is 1. The first-order valence-corrected chi connectivity index (χ1v) is 3.75. The van der Waals surface area contributed by atoms with Crippen LogP contribution in [0.25, 0.3) is 0 Å². The van der Waals surface area contributed by atoms with Crippen molar-refractivity contribution in [2.45, 2.75) is 25.3 Å². The Kier molecular flexibility index (Phi) is 5.04. The first kappa shape index (κ1) is 10.2. The molecule has 1 saturated heterocycles. The van der Waals surface area contributed by atoms with Gasteiger partial charge < -0.3 is 10.6 Å². The SMILES string of the molecule is CN1CCCC1CCN.Cl. The smallest absolute Gasteiger partial charge is 0.0105 e. The summed E-state index contributed by atoms with van der Waals surface area (Å²) in [6.07, 6.45) is 3.89. The second kappa shape index (κ2) is 4.94. The fourth-order valence-corrected chi connectivity index (χ4v) is 1.54. The third-order valence-electron chi connectivity index (χ3n) is 2.17. The third-order valence-corrected chi connectivity index (χ3v) is 2.17. The molecule has 1 unspecified atom stereocenters. The largest absolute Gasteiger partial charge is 0.330 e. The molecule has 3 heteroatoms. The molecule has 1 heterocycles. The lowest BCUT2D eigenvalue weighted by Gasteiger charge is -2.17. The first-order chi connectivity index (χ1) is 4.34. The number of hydrogen-bond donors (Lipinski definition) is 1. The highest BCUT2D eigenvalue weighted by Crippen LogP contribution is 2.16. The fraction of sp³-hybridized carbons (Fsp3) is 1.00. The van der Waals surface area contributed by atoms with Gasteiger partial charge in [-0.25, -0.2) is 0 Å². The molecular weight excluding hydrogens is 148 g/mol. The minimum Gasteiger partial charge on any atom is -0.330 e. The van der Waals surface area contributed by atoms with Gasteiger partial charge in [0.25, 0.3) is 0 Å². The predicted octanol–water partition coefficient (Wildman–Crippen LogP) is 0.851. The molecule has 1 rings (SSSR count). The van der Waals surface area contributed by atoms with Crippen molar-refractivity contribution in [2.24, 2.45) is 5.73 Å². The summed E-state index contributed by atoms with van der Waals surface area (Å²) < 4.78 is 0. The number of nitrogens with two attached hydrogens (primary N) is 1. The van der Waals surface area contributed by atoms with Crippen molar-refractivity contribution >= 4 is 12.4 Å². The van der Waals surface area contributed by atoms with E-state index in [0.29, 0.717) is 0 Å². The number of rotatable bonds is 2. The molecular formula is C7H17ClN2. The Bertz CT molecular complexity index is 87.7. The van der Waals surface area contributed by atoms with E-state index in [1.54, 1.807) is 0 Å². The second-order valence-electron chi connectivity index (χ2n) is 2.85. The summed E-state index contributed by atoms with van der Waals surface area (Å²) in [5.41, 5.74) is 5.44. The van der Waals surface area contributed by atoms with Crippen LogP contribution in [0.2, 0.25) is 0 Å². The van der Waals surface area contributed by atoms with Crippen molar-refractivity contribution in [3.8, 4) is 0 Å². The van der Waals surface area contributed by atoms with Crippen LogP contribution in [-0.4, -0.2) is 31.1 Å². The maximum absolute atomic E-state index is 5.44. The summed E-state index contributed by atoms with van der Waals surface area (Å²) in [6, 6.07) is 0.787. The van der Waals surface area contributed by atoms with Gasteiger partial charge >= 0.3 is 0 Å². The van der Waals surface area contributed by atoms with Crippen LogP contribution in [0.15, 0.2) is 0 Å². The van der Waals surface area contributed by atoms with Gasteiger partial charge in [0.05, 0.1) is 0 Å². The van der Waals surface area contributed by atoms with Crippen LogP contribution < -0.4 is 5.73 Å². The zero-order valence-electron chi connectivity index (χ0n) is 6.55. The van der Waals surface area contributed by atoms with Crippen LogP contribution in [0.1, 0.15) is 19.3 Å². The molecule has 10 heavy (non-hydrogen) atoms. The Hall–Kier alpha value is 0.210. The van der Waals surface area contributed by atoms with E-state index in [0.717, 1.165) is 12.6 Å². The van der Waals surface area contributed by atoms with E-state index in [9.17, 15) is 0 Å². The highest BCUT2D eigenvalue weighted by molar-refractivity contribution is 5.85. The number of halogens is 1. The van der Waals surface area contributed by atoms with E-state index < -0.39 is 0 Å². The van der Waals surface area contributed by atoms with Crippen LogP contribution in [0.5, 0.6) is 0 Å². The van der Waals surface area contributed by atoms with Crippen molar-refractivity contribution in [3.63, 3.8) is 0 Å². The number of nitrogens with zero attached hydrogens (tertiary/aromatic N) is 1. The van der Waals surface area contributed by atoms with Gasteiger partial charge in [-0.15, -0.1) is 12.4 Å². The maximum atomic E-state index is 5.44. The quantitative estimate of drug-likeness (QED) is 0.656. The predicted molar refractivity (Wildman–Crippen MR) is 46.6 cm³/mol. The molecule has 2 nitrogen and oxygen atoms in total. The van der Waals surface area contributed by atoms with E-state index in [-0.39, 0.29) is 12.4 Å². The van der Waals surface area contributed by atoms with E-state index in [4.69, 9.17) is 5.73 Å². The molecule has 0 amide bonds. The summed E-state index contributed by atoms with van der Waals surface area (Å²) in [6.45, 7) is 2.11. The first-order valence-electron chi connectivity index (χ1n) is 3.75. The summed E-state index contributed by atoms with van der Waals surface area (Å²) in [5.74, 6) is 0.